The molecule has 0 unspecified atom stereocenters. The van der Waals surface area contributed by atoms with Crippen molar-refractivity contribution in [2.24, 2.45) is 11.8 Å². The van der Waals surface area contributed by atoms with E-state index in [1.165, 1.54) is 12.5 Å². The van der Waals surface area contributed by atoms with Crippen LogP contribution in [-0.4, -0.2) is 50.3 Å². The van der Waals surface area contributed by atoms with Crippen LogP contribution in [0.4, 0.5) is 10.1 Å². The fourth-order valence-corrected chi connectivity index (χ4v) is 5.34. The number of rotatable bonds is 7. The molecule has 1 N–H and O–H groups in total. The summed E-state index contributed by atoms with van der Waals surface area (Å²) in [5.74, 6) is 1.70. The Labute approximate surface area is 196 Å². The molecule has 2 heterocycles. The number of halogens is 1. The van der Waals surface area contributed by atoms with E-state index >= 15 is 0 Å². The Morgan fingerprint density at radius 2 is 1.76 bits per heavy atom. The third-order valence-electron chi connectivity index (χ3n) is 6.90. The van der Waals surface area contributed by atoms with Crippen LogP contribution in [0.5, 0.6) is 5.75 Å². The van der Waals surface area contributed by atoms with Crippen LogP contribution >= 0.6 is 0 Å². The minimum absolute atomic E-state index is 0.196. The maximum Gasteiger partial charge on any atom is 0.235 e. The van der Waals surface area contributed by atoms with Crippen LogP contribution in [0.1, 0.15) is 38.7 Å². The van der Waals surface area contributed by atoms with Crippen LogP contribution < -0.4 is 10.1 Å². The number of carbonyl (C=O) groups excluding carboxylic acids is 1. The van der Waals surface area contributed by atoms with Crippen molar-refractivity contribution in [3.05, 3.63) is 59.9 Å². The number of ether oxygens (including phenoxy) is 2. The molecule has 2 fully saturated rings. The van der Waals surface area contributed by atoms with Crippen molar-refractivity contribution < 1.29 is 18.7 Å². The lowest BCUT2D eigenvalue weighted by atomic mass is 9.73. The Kier molecular flexibility index (Phi) is 7.66. The zero-order valence-corrected chi connectivity index (χ0v) is 19.7. The number of likely N-dealkylation sites (tertiary alicyclic amines) is 1. The second-order valence-electron chi connectivity index (χ2n) is 9.71. The van der Waals surface area contributed by atoms with E-state index in [0.717, 1.165) is 37.2 Å². The van der Waals surface area contributed by atoms with E-state index in [1.54, 1.807) is 18.2 Å². The van der Waals surface area contributed by atoms with Gasteiger partial charge in [0.15, 0.2) is 0 Å². The topological polar surface area (TPSA) is 50.8 Å². The zero-order chi connectivity index (χ0) is 23.3. The van der Waals surface area contributed by atoms with E-state index in [-0.39, 0.29) is 11.7 Å². The molecule has 0 saturated carbocycles. The Morgan fingerprint density at radius 3 is 2.42 bits per heavy atom. The molecule has 2 aliphatic heterocycles. The molecule has 0 bridgehead atoms. The largest absolute Gasteiger partial charge is 0.492 e. The van der Waals surface area contributed by atoms with Gasteiger partial charge in [-0.15, -0.1) is 0 Å². The molecule has 0 radical (unpaired) electrons. The Hall–Kier alpha value is -2.44. The molecule has 33 heavy (non-hydrogen) atoms. The van der Waals surface area contributed by atoms with E-state index in [4.69, 9.17) is 9.47 Å². The Balaban J connectivity index is 1.36. The van der Waals surface area contributed by atoms with E-state index in [1.807, 2.05) is 24.3 Å². The molecule has 0 aromatic heterocycles. The van der Waals surface area contributed by atoms with Crippen LogP contribution in [0.25, 0.3) is 0 Å². The van der Waals surface area contributed by atoms with Crippen molar-refractivity contribution in [1.82, 2.24) is 4.90 Å². The molecule has 2 atom stereocenters. The lowest BCUT2D eigenvalue weighted by Gasteiger charge is -2.36. The fourth-order valence-electron chi connectivity index (χ4n) is 5.34. The van der Waals surface area contributed by atoms with Crippen LogP contribution in [0.3, 0.4) is 0 Å². The molecule has 6 heteroatoms. The fraction of sp³-hybridized carbons (Fsp3) is 0.519. The van der Waals surface area contributed by atoms with E-state index in [0.29, 0.717) is 43.9 Å². The monoisotopic (exact) mass is 454 g/mol. The zero-order valence-electron chi connectivity index (χ0n) is 19.7. The van der Waals surface area contributed by atoms with Gasteiger partial charge in [-0.05, 0) is 61.4 Å². The van der Waals surface area contributed by atoms with Gasteiger partial charge in [0.1, 0.15) is 18.2 Å². The van der Waals surface area contributed by atoms with Gasteiger partial charge in [0.2, 0.25) is 5.91 Å². The van der Waals surface area contributed by atoms with Gasteiger partial charge in [0.25, 0.3) is 0 Å². The number of anilines is 1. The number of nitrogens with one attached hydrogen (secondary N) is 1. The maximum atomic E-state index is 14.6. The predicted octanol–water partition coefficient (Wildman–Crippen LogP) is 4.87. The summed E-state index contributed by atoms with van der Waals surface area (Å²) in [6, 6.07) is 14.0. The SMILES string of the molecule is C[C@@H]1C[C@H](C)CN(CCOc2ccc(NC(=O)C3(c4ccccc4F)CCOCC3)cc2)C1. The first-order valence-corrected chi connectivity index (χ1v) is 12.1. The molecular weight excluding hydrogens is 419 g/mol. The summed E-state index contributed by atoms with van der Waals surface area (Å²) in [6.45, 7) is 9.31. The third-order valence-corrected chi connectivity index (χ3v) is 6.90. The van der Waals surface area contributed by atoms with Gasteiger partial charge in [-0.3, -0.25) is 9.69 Å². The van der Waals surface area contributed by atoms with Crippen LogP contribution in [0.15, 0.2) is 48.5 Å². The molecule has 2 saturated heterocycles. The molecule has 1 amide bonds. The summed E-state index contributed by atoms with van der Waals surface area (Å²) < 4.78 is 26.0. The molecule has 2 aromatic carbocycles. The molecule has 2 aromatic rings. The minimum Gasteiger partial charge on any atom is -0.492 e. The summed E-state index contributed by atoms with van der Waals surface area (Å²) in [4.78, 5) is 15.8. The number of carbonyl (C=O) groups is 1. The Morgan fingerprint density at radius 1 is 1.09 bits per heavy atom. The van der Waals surface area contributed by atoms with Gasteiger partial charge >= 0.3 is 0 Å². The molecule has 0 aliphatic carbocycles. The number of hydrogen-bond donors (Lipinski definition) is 1. The smallest absolute Gasteiger partial charge is 0.235 e. The van der Waals surface area contributed by atoms with Crippen LogP contribution in [0.2, 0.25) is 0 Å². The van der Waals surface area contributed by atoms with Gasteiger partial charge in [0, 0.05) is 44.1 Å². The summed E-state index contributed by atoms with van der Waals surface area (Å²) in [6.07, 6.45) is 2.21. The van der Waals surface area contributed by atoms with Crippen molar-refractivity contribution in [2.45, 2.75) is 38.5 Å². The summed E-state index contributed by atoms with van der Waals surface area (Å²) >= 11 is 0. The maximum absolute atomic E-state index is 14.6. The lowest BCUT2D eigenvalue weighted by Crippen LogP contribution is -2.45. The first-order valence-electron chi connectivity index (χ1n) is 12.1. The summed E-state index contributed by atoms with van der Waals surface area (Å²) in [7, 11) is 0. The van der Waals surface area contributed by atoms with Gasteiger partial charge < -0.3 is 14.8 Å². The number of benzene rings is 2. The first kappa shape index (κ1) is 23.7. The average molecular weight is 455 g/mol. The van der Waals surface area contributed by atoms with Crippen molar-refractivity contribution in [2.75, 3.05) is 44.8 Å². The predicted molar refractivity (Wildman–Crippen MR) is 128 cm³/mol. The highest BCUT2D eigenvalue weighted by molar-refractivity contribution is 5.99. The highest BCUT2D eigenvalue weighted by atomic mass is 19.1. The van der Waals surface area contributed by atoms with Gasteiger partial charge in [-0.25, -0.2) is 4.39 Å². The van der Waals surface area contributed by atoms with Crippen LogP contribution in [0, 0.1) is 17.7 Å². The quantitative estimate of drug-likeness (QED) is 0.649. The van der Waals surface area contributed by atoms with Crippen molar-refractivity contribution >= 4 is 11.6 Å². The second-order valence-corrected chi connectivity index (χ2v) is 9.71. The molecule has 0 spiro atoms. The third kappa shape index (κ3) is 5.74. The lowest BCUT2D eigenvalue weighted by molar-refractivity contribution is -0.125. The Bertz CT molecular complexity index is 917. The molecule has 5 nitrogen and oxygen atoms in total. The van der Waals surface area contributed by atoms with Crippen molar-refractivity contribution in [3.8, 4) is 5.75 Å². The van der Waals surface area contributed by atoms with E-state index in [2.05, 4.69) is 24.1 Å². The standard InChI is InChI=1S/C27H35FN2O3/c1-20-17-21(2)19-30(18-20)13-16-33-23-9-7-22(8-10-23)29-26(31)27(11-14-32-15-12-27)24-5-3-4-6-25(24)28/h3-10,20-21H,11-19H2,1-2H3,(H,29,31)/t20-,21+. The average Bonchev–Trinajstić information content (AvgIpc) is 2.80. The van der Waals surface area contributed by atoms with Gasteiger partial charge in [-0.2, -0.15) is 0 Å². The van der Waals surface area contributed by atoms with E-state index < -0.39 is 5.41 Å². The van der Waals surface area contributed by atoms with Gasteiger partial charge in [0.05, 0.1) is 5.41 Å². The summed E-state index contributed by atoms with van der Waals surface area (Å²) in [5, 5.41) is 3.00. The number of hydrogen-bond acceptors (Lipinski definition) is 4. The highest BCUT2D eigenvalue weighted by Gasteiger charge is 2.43. The van der Waals surface area contributed by atoms with E-state index in [9.17, 15) is 9.18 Å². The molecule has 4 rings (SSSR count). The highest BCUT2D eigenvalue weighted by Crippen LogP contribution is 2.37. The number of amides is 1. The molecular formula is C27H35FN2O3. The minimum atomic E-state index is -0.929. The molecule has 178 valence electrons. The van der Waals surface area contributed by atoms with Crippen molar-refractivity contribution in [3.63, 3.8) is 0 Å². The number of piperidine rings is 1. The van der Waals surface area contributed by atoms with Gasteiger partial charge in [-0.1, -0.05) is 32.0 Å². The van der Waals surface area contributed by atoms with Crippen LogP contribution in [-0.2, 0) is 14.9 Å². The normalized spacial score (nSPS) is 23.1. The number of nitrogens with zero attached hydrogens (tertiary/aromatic N) is 1. The molecule has 2 aliphatic rings. The second kappa shape index (κ2) is 10.7. The van der Waals surface area contributed by atoms with Crippen molar-refractivity contribution in [1.29, 1.82) is 0 Å². The first-order chi connectivity index (χ1) is 16.0. The summed E-state index contributed by atoms with van der Waals surface area (Å²) in [5.41, 5.74) is 0.182.